The molecule has 1 aromatic rings. The lowest BCUT2D eigenvalue weighted by Gasteiger charge is -2.33. The van der Waals surface area contributed by atoms with Gasteiger partial charge in [-0.3, -0.25) is 14.5 Å². The summed E-state index contributed by atoms with van der Waals surface area (Å²) in [5.74, 6) is -0.383. The number of morpholine rings is 1. The number of urea groups is 1. The van der Waals surface area contributed by atoms with Gasteiger partial charge in [0.15, 0.2) is 0 Å². The van der Waals surface area contributed by atoms with E-state index in [-0.39, 0.29) is 37.5 Å². The first-order chi connectivity index (χ1) is 14.5. The van der Waals surface area contributed by atoms with Gasteiger partial charge in [-0.25, -0.2) is 4.79 Å². The third kappa shape index (κ3) is 3.80. The van der Waals surface area contributed by atoms with Crippen molar-refractivity contribution < 1.29 is 19.1 Å². The number of hydrogen-bond donors (Lipinski definition) is 1. The van der Waals surface area contributed by atoms with Crippen LogP contribution in [0.25, 0.3) is 0 Å². The number of carbonyl (C=O) groups excluding carboxylic acids is 3. The highest BCUT2D eigenvalue weighted by Gasteiger charge is 2.44. The molecule has 0 bridgehead atoms. The van der Waals surface area contributed by atoms with E-state index in [1.165, 1.54) is 9.80 Å². The summed E-state index contributed by atoms with van der Waals surface area (Å²) in [5.41, 5.74) is 1.79. The Morgan fingerprint density at radius 2 is 2.07 bits per heavy atom. The molecule has 1 atom stereocenters. The topological polar surface area (TPSA) is 82.2 Å². The Morgan fingerprint density at radius 3 is 2.77 bits per heavy atom. The molecule has 8 nitrogen and oxygen atoms in total. The highest BCUT2D eigenvalue weighted by molar-refractivity contribution is 6.30. The first-order valence-corrected chi connectivity index (χ1v) is 10.2. The maximum Gasteiger partial charge on any atom is 0.322 e. The predicted molar refractivity (Wildman–Crippen MR) is 111 cm³/mol. The summed E-state index contributed by atoms with van der Waals surface area (Å²) in [6.45, 7) is 6.16. The Bertz CT molecular complexity index is 925. The smallest absolute Gasteiger partial charge is 0.322 e. The van der Waals surface area contributed by atoms with Crippen LogP contribution in [0.4, 0.5) is 4.79 Å². The summed E-state index contributed by atoms with van der Waals surface area (Å²) in [6.07, 6.45) is 1.61. The van der Waals surface area contributed by atoms with E-state index in [0.29, 0.717) is 42.6 Å². The van der Waals surface area contributed by atoms with Crippen LogP contribution in [-0.2, 0) is 14.3 Å². The second-order valence-electron chi connectivity index (χ2n) is 7.35. The van der Waals surface area contributed by atoms with Gasteiger partial charge in [0.2, 0.25) is 5.91 Å². The second kappa shape index (κ2) is 8.49. The van der Waals surface area contributed by atoms with Crippen molar-refractivity contribution in [1.29, 1.82) is 0 Å². The number of nitrogens with zero attached hydrogens (tertiary/aromatic N) is 3. The van der Waals surface area contributed by atoms with Gasteiger partial charge < -0.3 is 19.9 Å². The minimum Gasteiger partial charge on any atom is -0.378 e. The van der Waals surface area contributed by atoms with Gasteiger partial charge in [-0.15, -0.1) is 6.58 Å². The van der Waals surface area contributed by atoms with Crippen molar-refractivity contribution in [3.05, 3.63) is 58.8 Å². The Hall–Kier alpha value is -2.84. The van der Waals surface area contributed by atoms with E-state index in [4.69, 9.17) is 16.3 Å². The number of ether oxygens (including phenoxy) is 1. The second-order valence-corrected chi connectivity index (χ2v) is 7.79. The first kappa shape index (κ1) is 20.4. The van der Waals surface area contributed by atoms with Gasteiger partial charge >= 0.3 is 6.03 Å². The quantitative estimate of drug-likeness (QED) is 0.718. The number of benzene rings is 1. The summed E-state index contributed by atoms with van der Waals surface area (Å²) in [7, 11) is 0. The van der Waals surface area contributed by atoms with Crippen molar-refractivity contribution in [2.45, 2.75) is 6.04 Å². The van der Waals surface area contributed by atoms with Crippen LogP contribution in [0.5, 0.6) is 0 Å². The molecule has 0 radical (unpaired) electrons. The molecule has 1 aromatic carbocycles. The predicted octanol–water partition coefficient (Wildman–Crippen LogP) is 1.55. The van der Waals surface area contributed by atoms with E-state index in [0.717, 1.165) is 5.56 Å². The molecule has 4 rings (SSSR count). The SMILES string of the molecule is C=CCN1C(=O)NC(c2cccc(Cl)c2)C2=C1CN(CC(=O)N1CCOCC1)C2=O. The fourth-order valence-corrected chi connectivity index (χ4v) is 4.21. The summed E-state index contributed by atoms with van der Waals surface area (Å²) >= 11 is 6.13. The molecule has 1 unspecified atom stereocenters. The lowest BCUT2D eigenvalue weighted by atomic mass is 9.95. The lowest BCUT2D eigenvalue weighted by Crippen LogP contribution is -2.47. The molecule has 0 spiro atoms. The molecular formula is C21H23ClN4O4. The Kier molecular flexibility index (Phi) is 5.78. The van der Waals surface area contributed by atoms with Crippen molar-refractivity contribution in [3.8, 4) is 0 Å². The van der Waals surface area contributed by atoms with Crippen LogP contribution in [0.1, 0.15) is 11.6 Å². The fourth-order valence-electron chi connectivity index (χ4n) is 4.01. The summed E-state index contributed by atoms with van der Waals surface area (Å²) < 4.78 is 5.29. The van der Waals surface area contributed by atoms with Crippen LogP contribution in [0.15, 0.2) is 48.2 Å². The molecule has 3 heterocycles. The van der Waals surface area contributed by atoms with E-state index >= 15 is 0 Å². The molecule has 9 heteroatoms. The van der Waals surface area contributed by atoms with Crippen molar-refractivity contribution in [3.63, 3.8) is 0 Å². The molecule has 1 N–H and O–H groups in total. The standard InChI is InChI=1S/C21H23ClN4O4/c1-2-6-26-16-12-25(13-17(27)24-7-9-30-10-8-24)20(28)18(16)19(23-21(26)29)14-4-3-5-15(22)11-14/h2-5,11,19H,1,6-10,12-13H2,(H,23,29). The van der Waals surface area contributed by atoms with Crippen LogP contribution >= 0.6 is 11.6 Å². The average molecular weight is 431 g/mol. The van der Waals surface area contributed by atoms with Crippen LogP contribution in [-0.4, -0.2) is 78.5 Å². The van der Waals surface area contributed by atoms with Gasteiger partial charge in [-0.1, -0.05) is 29.8 Å². The molecular weight excluding hydrogens is 408 g/mol. The largest absolute Gasteiger partial charge is 0.378 e. The van der Waals surface area contributed by atoms with Gasteiger partial charge in [0.1, 0.15) is 6.54 Å². The summed E-state index contributed by atoms with van der Waals surface area (Å²) in [6, 6.07) is 6.13. The van der Waals surface area contributed by atoms with E-state index in [1.807, 2.05) is 6.07 Å². The molecule has 30 heavy (non-hydrogen) atoms. The van der Waals surface area contributed by atoms with E-state index in [1.54, 1.807) is 29.2 Å². The van der Waals surface area contributed by atoms with Gasteiger partial charge in [-0.05, 0) is 17.7 Å². The van der Waals surface area contributed by atoms with E-state index in [9.17, 15) is 14.4 Å². The molecule has 0 saturated carbocycles. The van der Waals surface area contributed by atoms with Crippen molar-refractivity contribution >= 4 is 29.4 Å². The zero-order valence-electron chi connectivity index (χ0n) is 16.5. The minimum atomic E-state index is -0.622. The molecule has 0 aromatic heterocycles. The molecule has 1 saturated heterocycles. The number of carbonyl (C=O) groups is 3. The van der Waals surface area contributed by atoms with Crippen molar-refractivity contribution in [1.82, 2.24) is 20.0 Å². The highest BCUT2D eigenvalue weighted by atomic mass is 35.5. The normalized spacial score (nSPS) is 21.6. The maximum atomic E-state index is 13.3. The van der Waals surface area contributed by atoms with Crippen LogP contribution in [0.3, 0.4) is 0 Å². The zero-order chi connectivity index (χ0) is 21.3. The highest BCUT2D eigenvalue weighted by Crippen LogP contribution is 2.36. The van der Waals surface area contributed by atoms with E-state index in [2.05, 4.69) is 11.9 Å². The van der Waals surface area contributed by atoms with Crippen molar-refractivity contribution in [2.75, 3.05) is 45.9 Å². The monoisotopic (exact) mass is 430 g/mol. The Labute approximate surface area is 179 Å². The molecule has 0 aliphatic carbocycles. The first-order valence-electron chi connectivity index (χ1n) is 9.82. The van der Waals surface area contributed by atoms with Gasteiger partial charge in [0, 0.05) is 24.7 Å². The fraction of sp³-hybridized carbons (Fsp3) is 0.381. The third-order valence-electron chi connectivity index (χ3n) is 5.48. The Morgan fingerprint density at radius 1 is 1.30 bits per heavy atom. The van der Waals surface area contributed by atoms with E-state index < -0.39 is 6.04 Å². The number of rotatable bonds is 5. The summed E-state index contributed by atoms with van der Waals surface area (Å²) in [5, 5.41) is 3.41. The third-order valence-corrected chi connectivity index (χ3v) is 5.72. The molecule has 1 fully saturated rings. The number of nitrogens with one attached hydrogen (secondary N) is 1. The van der Waals surface area contributed by atoms with Crippen LogP contribution < -0.4 is 5.32 Å². The number of hydrogen-bond acceptors (Lipinski definition) is 4. The number of halogens is 1. The van der Waals surface area contributed by atoms with Gasteiger partial charge in [-0.2, -0.15) is 0 Å². The van der Waals surface area contributed by atoms with Crippen LogP contribution in [0.2, 0.25) is 5.02 Å². The average Bonchev–Trinajstić information content (AvgIpc) is 3.06. The molecule has 158 valence electrons. The lowest BCUT2D eigenvalue weighted by molar-refractivity contribution is -0.140. The molecule has 4 amide bonds. The van der Waals surface area contributed by atoms with Crippen LogP contribution in [0, 0.1) is 0 Å². The van der Waals surface area contributed by atoms with Crippen molar-refractivity contribution in [2.24, 2.45) is 0 Å². The Balaban J connectivity index is 1.62. The molecule has 3 aliphatic rings. The maximum absolute atomic E-state index is 13.3. The minimum absolute atomic E-state index is 0.0375. The van der Waals surface area contributed by atoms with Gasteiger partial charge in [0.05, 0.1) is 37.1 Å². The molecule has 3 aliphatic heterocycles. The number of amides is 4. The van der Waals surface area contributed by atoms with Gasteiger partial charge in [0.25, 0.3) is 5.91 Å². The summed E-state index contributed by atoms with van der Waals surface area (Å²) in [4.78, 5) is 43.5. The zero-order valence-corrected chi connectivity index (χ0v) is 17.2.